The minimum absolute atomic E-state index is 0.103. The molecule has 1 N–H and O–H groups in total. The van der Waals surface area contributed by atoms with E-state index in [2.05, 4.69) is 15.5 Å². The highest BCUT2D eigenvalue weighted by molar-refractivity contribution is 6.32. The summed E-state index contributed by atoms with van der Waals surface area (Å²) in [7, 11) is 0. The molecule has 0 radical (unpaired) electrons. The molecule has 0 spiro atoms. The van der Waals surface area contributed by atoms with Crippen LogP contribution >= 0.6 is 11.6 Å². The smallest absolute Gasteiger partial charge is 0.288 e. The molecule has 0 fully saturated rings. The maximum Gasteiger partial charge on any atom is 0.288 e. The molecular weight excluding hydrogens is 268 g/mol. The molecule has 7 heteroatoms. The van der Waals surface area contributed by atoms with E-state index in [0.717, 1.165) is 6.54 Å². The SMILES string of the molecule is CCNc1ccc(-c2ccc(Cl)c([N+](=O)[O-])c2)nn1. The van der Waals surface area contributed by atoms with Crippen molar-refractivity contribution in [3.05, 3.63) is 45.5 Å². The maximum atomic E-state index is 10.8. The van der Waals surface area contributed by atoms with Crippen LogP contribution in [0.1, 0.15) is 6.92 Å². The third-order valence-corrected chi connectivity index (χ3v) is 2.78. The molecule has 6 nitrogen and oxygen atoms in total. The van der Waals surface area contributed by atoms with E-state index in [1.165, 1.54) is 12.1 Å². The topological polar surface area (TPSA) is 81.0 Å². The zero-order chi connectivity index (χ0) is 13.8. The van der Waals surface area contributed by atoms with Gasteiger partial charge in [-0.25, -0.2) is 0 Å². The first-order chi connectivity index (χ1) is 9.11. The number of halogens is 1. The van der Waals surface area contributed by atoms with Gasteiger partial charge in [-0.3, -0.25) is 10.1 Å². The summed E-state index contributed by atoms with van der Waals surface area (Å²) in [6, 6.07) is 8.06. The van der Waals surface area contributed by atoms with Crippen LogP contribution in [0, 0.1) is 10.1 Å². The van der Waals surface area contributed by atoms with Gasteiger partial charge in [0.2, 0.25) is 0 Å². The summed E-state index contributed by atoms with van der Waals surface area (Å²) in [5, 5.41) is 21.9. The van der Waals surface area contributed by atoms with Crippen molar-refractivity contribution in [2.75, 3.05) is 11.9 Å². The van der Waals surface area contributed by atoms with Gasteiger partial charge in [-0.05, 0) is 25.1 Å². The number of anilines is 1. The van der Waals surface area contributed by atoms with E-state index in [9.17, 15) is 10.1 Å². The largest absolute Gasteiger partial charge is 0.369 e. The quantitative estimate of drug-likeness (QED) is 0.686. The van der Waals surface area contributed by atoms with Gasteiger partial charge in [-0.1, -0.05) is 17.7 Å². The Morgan fingerprint density at radius 1 is 1.32 bits per heavy atom. The monoisotopic (exact) mass is 278 g/mol. The molecule has 0 aliphatic rings. The van der Waals surface area contributed by atoms with Gasteiger partial charge in [-0.2, -0.15) is 0 Å². The standard InChI is InChI=1S/C12H11ClN4O2/c1-2-14-12-6-5-10(15-16-12)8-3-4-9(13)11(7-8)17(18)19/h3-7H,2H2,1H3,(H,14,16). The minimum atomic E-state index is -0.522. The lowest BCUT2D eigenvalue weighted by molar-refractivity contribution is -0.384. The first-order valence-corrected chi connectivity index (χ1v) is 6.01. The number of nitrogens with one attached hydrogen (secondary N) is 1. The minimum Gasteiger partial charge on any atom is -0.369 e. The van der Waals surface area contributed by atoms with Gasteiger partial charge < -0.3 is 5.32 Å². The fourth-order valence-electron chi connectivity index (χ4n) is 1.57. The van der Waals surface area contributed by atoms with Crippen LogP contribution in [0.3, 0.4) is 0 Å². The molecule has 1 aromatic heterocycles. The summed E-state index contributed by atoms with van der Waals surface area (Å²) in [6.07, 6.45) is 0. The van der Waals surface area contributed by atoms with Crippen LogP contribution in [0.4, 0.5) is 11.5 Å². The molecule has 0 amide bonds. The predicted molar refractivity (Wildman–Crippen MR) is 73.3 cm³/mol. The lowest BCUT2D eigenvalue weighted by Gasteiger charge is -2.03. The van der Waals surface area contributed by atoms with Gasteiger partial charge in [0, 0.05) is 18.2 Å². The van der Waals surface area contributed by atoms with Crippen molar-refractivity contribution in [3.8, 4) is 11.3 Å². The highest BCUT2D eigenvalue weighted by atomic mass is 35.5. The zero-order valence-electron chi connectivity index (χ0n) is 10.1. The average Bonchev–Trinajstić information content (AvgIpc) is 2.40. The van der Waals surface area contributed by atoms with E-state index in [1.54, 1.807) is 18.2 Å². The van der Waals surface area contributed by atoms with E-state index in [4.69, 9.17) is 11.6 Å². The molecule has 2 rings (SSSR count). The van der Waals surface area contributed by atoms with Crippen LogP contribution in [-0.2, 0) is 0 Å². The Morgan fingerprint density at radius 2 is 2.11 bits per heavy atom. The molecule has 0 aliphatic carbocycles. The fourth-order valence-corrected chi connectivity index (χ4v) is 1.76. The van der Waals surface area contributed by atoms with Gasteiger partial charge in [0.1, 0.15) is 10.8 Å². The van der Waals surface area contributed by atoms with Crippen molar-refractivity contribution in [2.24, 2.45) is 0 Å². The molecule has 0 saturated carbocycles. The summed E-state index contributed by atoms with van der Waals surface area (Å²) in [5.74, 6) is 0.662. The number of hydrogen-bond donors (Lipinski definition) is 1. The van der Waals surface area contributed by atoms with Crippen molar-refractivity contribution in [2.45, 2.75) is 6.92 Å². The third-order valence-electron chi connectivity index (χ3n) is 2.46. The number of benzene rings is 1. The zero-order valence-corrected chi connectivity index (χ0v) is 10.9. The van der Waals surface area contributed by atoms with Gasteiger partial charge in [-0.15, -0.1) is 10.2 Å². The molecule has 0 unspecified atom stereocenters. The fraction of sp³-hybridized carbons (Fsp3) is 0.167. The molecule has 1 aromatic carbocycles. The highest BCUT2D eigenvalue weighted by Gasteiger charge is 2.14. The van der Waals surface area contributed by atoms with Crippen molar-refractivity contribution in [3.63, 3.8) is 0 Å². The molecule has 0 aliphatic heterocycles. The van der Waals surface area contributed by atoms with Crippen LogP contribution < -0.4 is 5.32 Å². The van der Waals surface area contributed by atoms with E-state index in [-0.39, 0.29) is 10.7 Å². The van der Waals surface area contributed by atoms with Crippen LogP contribution in [0.5, 0.6) is 0 Å². The third kappa shape index (κ3) is 2.97. The summed E-state index contributed by atoms with van der Waals surface area (Å²) >= 11 is 5.76. The molecular formula is C12H11ClN4O2. The van der Waals surface area contributed by atoms with Crippen molar-refractivity contribution in [1.82, 2.24) is 10.2 Å². The lowest BCUT2D eigenvalue weighted by atomic mass is 10.1. The van der Waals surface area contributed by atoms with Gasteiger partial charge in [0.15, 0.2) is 0 Å². The van der Waals surface area contributed by atoms with Crippen LogP contribution in [-0.4, -0.2) is 21.7 Å². The molecule has 0 bridgehead atoms. The van der Waals surface area contributed by atoms with E-state index in [0.29, 0.717) is 17.1 Å². The Labute approximate surface area is 114 Å². The first-order valence-electron chi connectivity index (χ1n) is 5.63. The Hall–Kier alpha value is -2.21. The predicted octanol–water partition coefficient (Wildman–Crippen LogP) is 3.14. The molecule has 2 aromatic rings. The molecule has 19 heavy (non-hydrogen) atoms. The molecule has 98 valence electrons. The van der Waals surface area contributed by atoms with Gasteiger partial charge in [0.05, 0.1) is 10.6 Å². The summed E-state index contributed by atoms with van der Waals surface area (Å²) in [6.45, 7) is 2.71. The summed E-state index contributed by atoms with van der Waals surface area (Å²) in [4.78, 5) is 10.3. The highest BCUT2D eigenvalue weighted by Crippen LogP contribution is 2.29. The normalized spacial score (nSPS) is 10.2. The van der Waals surface area contributed by atoms with Crippen LogP contribution in [0.25, 0.3) is 11.3 Å². The maximum absolute atomic E-state index is 10.8. The van der Waals surface area contributed by atoms with E-state index in [1.807, 2.05) is 6.92 Å². The van der Waals surface area contributed by atoms with Crippen LogP contribution in [0.15, 0.2) is 30.3 Å². The number of nitrogens with zero attached hydrogens (tertiary/aromatic N) is 3. The average molecular weight is 279 g/mol. The molecule has 0 atom stereocenters. The van der Waals surface area contributed by atoms with E-state index < -0.39 is 4.92 Å². The number of rotatable bonds is 4. The van der Waals surface area contributed by atoms with Gasteiger partial charge >= 0.3 is 0 Å². The second-order valence-corrected chi connectivity index (χ2v) is 4.16. The second-order valence-electron chi connectivity index (χ2n) is 3.76. The van der Waals surface area contributed by atoms with Gasteiger partial charge in [0.25, 0.3) is 5.69 Å². The van der Waals surface area contributed by atoms with Crippen molar-refractivity contribution < 1.29 is 4.92 Å². The Balaban J connectivity index is 2.36. The molecule has 1 heterocycles. The number of hydrogen-bond acceptors (Lipinski definition) is 5. The second kappa shape index (κ2) is 5.62. The summed E-state index contributed by atoms with van der Waals surface area (Å²) in [5.41, 5.74) is 1.02. The Bertz CT molecular complexity index is 601. The van der Waals surface area contributed by atoms with Crippen molar-refractivity contribution >= 4 is 23.1 Å². The van der Waals surface area contributed by atoms with Crippen LogP contribution in [0.2, 0.25) is 5.02 Å². The van der Waals surface area contributed by atoms with E-state index >= 15 is 0 Å². The lowest BCUT2D eigenvalue weighted by Crippen LogP contribution is -2.00. The Kier molecular flexibility index (Phi) is 3.91. The van der Waals surface area contributed by atoms with Crippen molar-refractivity contribution in [1.29, 1.82) is 0 Å². The number of nitro benzene ring substituents is 1. The summed E-state index contributed by atoms with van der Waals surface area (Å²) < 4.78 is 0. The molecule has 0 saturated heterocycles. The number of nitro groups is 1. The number of aromatic nitrogens is 2. The Morgan fingerprint density at radius 3 is 2.68 bits per heavy atom. The first kappa shape index (κ1) is 13.2.